The Labute approximate surface area is 106 Å². The minimum Gasteiger partial charge on any atom is -0.509 e. The second-order valence-electron chi connectivity index (χ2n) is 3.95. The Morgan fingerprint density at radius 2 is 1.94 bits per heavy atom. The van der Waals surface area contributed by atoms with Gasteiger partial charge < -0.3 is 10.2 Å². The number of rotatable bonds is 4. The van der Waals surface area contributed by atoms with E-state index in [1.54, 1.807) is 6.92 Å². The standard InChI is InChI=1S/C14H15NO3/c1-3-12(16)14(18)9(2)13(17)11-6-4-10(8-15)5-7-11/h4-7,12,16,18H,3H2,1-2H3/b14-9-. The van der Waals surface area contributed by atoms with Crippen LogP contribution in [0.2, 0.25) is 0 Å². The van der Waals surface area contributed by atoms with E-state index in [9.17, 15) is 15.0 Å². The maximum Gasteiger partial charge on any atom is 0.192 e. The lowest BCUT2D eigenvalue weighted by Crippen LogP contribution is -2.14. The summed E-state index contributed by atoms with van der Waals surface area (Å²) < 4.78 is 0. The van der Waals surface area contributed by atoms with Gasteiger partial charge in [-0.05, 0) is 37.6 Å². The highest BCUT2D eigenvalue weighted by molar-refractivity contribution is 6.08. The average Bonchev–Trinajstić information content (AvgIpc) is 2.44. The van der Waals surface area contributed by atoms with Crippen molar-refractivity contribution in [3.8, 4) is 6.07 Å². The van der Waals surface area contributed by atoms with E-state index in [2.05, 4.69) is 0 Å². The van der Waals surface area contributed by atoms with Crippen LogP contribution in [0, 0.1) is 11.3 Å². The van der Waals surface area contributed by atoms with E-state index in [0.29, 0.717) is 17.5 Å². The van der Waals surface area contributed by atoms with Crippen molar-refractivity contribution < 1.29 is 15.0 Å². The first kappa shape index (κ1) is 13.9. The largest absolute Gasteiger partial charge is 0.509 e. The Morgan fingerprint density at radius 1 is 1.39 bits per heavy atom. The molecule has 0 saturated heterocycles. The summed E-state index contributed by atoms with van der Waals surface area (Å²) in [6, 6.07) is 8.08. The predicted octanol–water partition coefficient (Wildman–Crippen LogP) is 2.34. The average molecular weight is 245 g/mol. The minimum atomic E-state index is -1.02. The molecular weight excluding hydrogens is 230 g/mol. The van der Waals surface area contributed by atoms with Crippen LogP contribution in [0.5, 0.6) is 0 Å². The molecule has 0 spiro atoms. The van der Waals surface area contributed by atoms with Gasteiger partial charge in [-0.3, -0.25) is 4.79 Å². The van der Waals surface area contributed by atoms with Gasteiger partial charge in [0.15, 0.2) is 5.78 Å². The smallest absolute Gasteiger partial charge is 0.192 e. The van der Waals surface area contributed by atoms with Crippen LogP contribution in [0.15, 0.2) is 35.6 Å². The second kappa shape index (κ2) is 5.99. The number of carbonyl (C=O) groups is 1. The van der Waals surface area contributed by atoms with Crippen LogP contribution in [0.1, 0.15) is 36.2 Å². The zero-order chi connectivity index (χ0) is 13.7. The topological polar surface area (TPSA) is 81.3 Å². The summed E-state index contributed by atoms with van der Waals surface area (Å²) in [4.78, 5) is 12.0. The number of aliphatic hydroxyl groups is 2. The van der Waals surface area contributed by atoms with Crippen LogP contribution < -0.4 is 0 Å². The van der Waals surface area contributed by atoms with Crippen LogP contribution >= 0.6 is 0 Å². The highest BCUT2D eigenvalue weighted by Crippen LogP contribution is 2.15. The number of Topliss-reactive ketones (excluding diaryl/α,β-unsaturated/α-hetero) is 1. The van der Waals surface area contributed by atoms with Crippen molar-refractivity contribution in [1.29, 1.82) is 5.26 Å². The molecule has 1 rings (SSSR count). The molecule has 0 aromatic heterocycles. The van der Waals surface area contributed by atoms with Gasteiger partial charge in [0, 0.05) is 11.1 Å². The quantitative estimate of drug-likeness (QED) is 0.484. The zero-order valence-electron chi connectivity index (χ0n) is 10.3. The number of nitriles is 1. The van der Waals surface area contributed by atoms with Gasteiger partial charge in [-0.1, -0.05) is 6.92 Å². The van der Waals surface area contributed by atoms with E-state index in [1.807, 2.05) is 6.07 Å². The van der Waals surface area contributed by atoms with Crippen molar-refractivity contribution in [3.05, 3.63) is 46.7 Å². The summed E-state index contributed by atoms with van der Waals surface area (Å²) in [7, 11) is 0. The summed E-state index contributed by atoms with van der Waals surface area (Å²) in [5, 5.41) is 27.8. The third-order valence-electron chi connectivity index (χ3n) is 2.70. The molecule has 0 aliphatic carbocycles. The van der Waals surface area contributed by atoms with E-state index in [0.717, 1.165) is 0 Å². The molecule has 0 heterocycles. The lowest BCUT2D eigenvalue weighted by molar-refractivity contribution is 0.101. The van der Waals surface area contributed by atoms with Crippen LogP contribution in [0.4, 0.5) is 0 Å². The van der Waals surface area contributed by atoms with Crippen molar-refractivity contribution in [1.82, 2.24) is 0 Å². The molecular formula is C14H15NO3. The number of carbonyl (C=O) groups excluding carboxylic acids is 1. The van der Waals surface area contributed by atoms with E-state index in [1.165, 1.54) is 31.2 Å². The molecule has 1 aromatic carbocycles. The van der Waals surface area contributed by atoms with Crippen molar-refractivity contribution in [3.63, 3.8) is 0 Å². The monoisotopic (exact) mass is 245 g/mol. The summed E-state index contributed by atoms with van der Waals surface area (Å²) in [5.74, 6) is -0.656. The molecule has 18 heavy (non-hydrogen) atoms. The van der Waals surface area contributed by atoms with Gasteiger partial charge in [-0.15, -0.1) is 0 Å². The second-order valence-corrected chi connectivity index (χ2v) is 3.95. The molecule has 4 nitrogen and oxygen atoms in total. The maximum absolute atomic E-state index is 12.0. The summed E-state index contributed by atoms with van der Waals surface area (Å²) >= 11 is 0. The molecule has 0 radical (unpaired) electrons. The third kappa shape index (κ3) is 2.96. The normalized spacial score (nSPS) is 13.4. The van der Waals surface area contributed by atoms with Crippen molar-refractivity contribution in [2.75, 3.05) is 0 Å². The molecule has 0 saturated carbocycles. The fourth-order valence-corrected chi connectivity index (χ4v) is 1.47. The van der Waals surface area contributed by atoms with E-state index in [-0.39, 0.29) is 17.1 Å². The number of nitrogens with zero attached hydrogens (tertiary/aromatic N) is 1. The number of hydrogen-bond donors (Lipinski definition) is 2. The Hall–Kier alpha value is -2.12. The lowest BCUT2D eigenvalue weighted by atomic mass is 10.0. The molecule has 1 atom stereocenters. The zero-order valence-corrected chi connectivity index (χ0v) is 10.3. The van der Waals surface area contributed by atoms with Crippen LogP contribution in [-0.2, 0) is 0 Å². The first-order valence-corrected chi connectivity index (χ1v) is 5.63. The lowest BCUT2D eigenvalue weighted by Gasteiger charge is -2.10. The third-order valence-corrected chi connectivity index (χ3v) is 2.70. The first-order valence-electron chi connectivity index (χ1n) is 5.63. The van der Waals surface area contributed by atoms with Crippen molar-refractivity contribution in [2.45, 2.75) is 26.4 Å². The summed E-state index contributed by atoms with van der Waals surface area (Å²) in [6.45, 7) is 3.18. The SMILES string of the molecule is CCC(O)/C(O)=C(\C)C(=O)c1ccc(C#N)cc1. The van der Waals surface area contributed by atoms with Crippen LogP contribution in [0.3, 0.4) is 0 Å². The number of ketones is 1. The molecule has 0 fully saturated rings. The van der Waals surface area contributed by atoms with Crippen LogP contribution in [0.25, 0.3) is 0 Å². The van der Waals surface area contributed by atoms with Gasteiger partial charge in [0.25, 0.3) is 0 Å². The molecule has 2 N–H and O–H groups in total. The van der Waals surface area contributed by atoms with Gasteiger partial charge in [0.05, 0.1) is 11.6 Å². The fraction of sp³-hybridized carbons (Fsp3) is 0.286. The highest BCUT2D eigenvalue weighted by Gasteiger charge is 2.17. The van der Waals surface area contributed by atoms with E-state index in [4.69, 9.17) is 5.26 Å². The van der Waals surface area contributed by atoms with E-state index >= 15 is 0 Å². The van der Waals surface area contributed by atoms with Gasteiger partial charge in [-0.2, -0.15) is 5.26 Å². The summed E-state index contributed by atoms with van der Waals surface area (Å²) in [5.41, 5.74) is 0.960. The van der Waals surface area contributed by atoms with Crippen molar-refractivity contribution >= 4 is 5.78 Å². The molecule has 0 bridgehead atoms. The first-order chi connectivity index (χ1) is 8.51. The molecule has 0 amide bonds. The molecule has 0 aliphatic rings. The highest BCUT2D eigenvalue weighted by atomic mass is 16.3. The molecule has 0 aliphatic heterocycles. The maximum atomic E-state index is 12.0. The fourth-order valence-electron chi connectivity index (χ4n) is 1.47. The molecule has 4 heteroatoms. The minimum absolute atomic E-state index is 0.119. The Bertz CT molecular complexity index is 509. The molecule has 94 valence electrons. The number of benzene rings is 1. The van der Waals surface area contributed by atoms with Crippen molar-refractivity contribution in [2.24, 2.45) is 0 Å². The number of hydrogen-bond acceptors (Lipinski definition) is 4. The molecule has 1 aromatic rings. The van der Waals surface area contributed by atoms with Gasteiger partial charge >= 0.3 is 0 Å². The number of allylic oxidation sites excluding steroid dienone is 1. The van der Waals surface area contributed by atoms with Gasteiger partial charge in [-0.25, -0.2) is 0 Å². The predicted molar refractivity (Wildman–Crippen MR) is 67.1 cm³/mol. The van der Waals surface area contributed by atoms with Gasteiger partial charge in [0.2, 0.25) is 0 Å². The Balaban J connectivity index is 3.03. The van der Waals surface area contributed by atoms with Gasteiger partial charge in [0.1, 0.15) is 11.9 Å². The summed E-state index contributed by atoms with van der Waals surface area (Å²) in [6.07, 6.45) is -0.684. The number of aliphatic hydroxyl groups excluding tert-OH is 2. The Kier molecular flexibility index (Phi) is 4.64. The Morgan fingerprint density at radius 3 is 2.39 bits per heavy atom. The van der Waals surface area contributed by atoms with E-state index < -0.39 is 6.10 Å². The van der Waals surface area contributed by atoms with Crippen LogP contribution in [-0.4, -0.2) is 22.1 Å². The molecule has 1 unspecified atom stereocenters.